The van der Waals surface area contributed by atoms with Crippen molar-refractivity contribution in [2.45, 2.75) is 6.42 Å². The zero-order chi connectivity index (χ0) is 22.1. The molecular formula is C24H15N2NaO5S. The van der Waals surface area contributed by atoms with Crippen molar-refractivity contribution in [1.82, 2.24) is 8.75 Å². The molecule has 1 aromatic heterocycles. The number of benzene rings is 3. The molecule has 0 N–H and O–H groups in total. The van der Waals surface area contributed by atoms with Gasteiger partial charge >= 0.3 is 29.6 Å². The van der Waals surface area contributed by atoms with Gasteiger partial charge in [0.05, 0.1) is 17.7 Å². The van der Waals surface area contributed by atoms with Crippen LogP contribution in [0.15, 0.2) is 72.3 Å². The number of ether oxygens (including phenoxy) is 2. The largest absolute Gasteiger partial charge is 1.00 e. The molecule has 0 saturated heterocycles. The number of Topliss-reactive ketones (excluding diaryl/α,β-unsaturated/α-hetero) is 1. The number of carbonyl (C=O) groups is 2. The number of hydrogen-bond acceptors (Lipinski definition) is 8. The molecule has 7 nitrogen and oxygen atoms in total. The number of allylic oxidation sites excluding steroid dienone is 1. The van der Waals surface area contributed by atoms with Crippen LogP contribution < -0.4 is 44.1 Å². The molecule has 0 bridgehead atoms. The summed E-state index contributed by atoms with van der Waals surface area (Å²) >= 11 is 1.04. The summed E-state index contributed by atoms with van der Waals surface area (Å²) in [6.45, 7) is 0.0751. The fourth-order valence-corrected chi connectivity index (χ4v) is 4.16. The van der Waals surface area contributed by atoms with E-state index < -0.39 is 11.8 Å². The number of rotatable bonds is 6. The maximum Gasteiger partial charge on any atom is 1.00 e. The van der Waals surface area contributed by atoms with Crippen LogP contribution in [0.4, 0.5) is 0 Å². The summed E-state index contributed by atoms with van der Waals surface area (Å²) < 4.78 is 19.0. The van der Waals surface area contributed by atoms with Crippen LogP contribution in [-0.4, -0.2) is 27.3 Å². The molecule has 0 radical (unpaired) electrons. The van der Waals surface area contributed by atoms with E-state index in [2.05, 4.69) is 8.75 Å². The first-order valence-corrected chi connectivity index (χ1v) is 10.5. The Bertz CT molecular complexity index is 1380. The number of aromatic nitrogens is 2. The van der Waals surface area contributed by atoms with E-state index in [0.29, 0.717) is 33.7 Å². The van der Waals surface area contributed by atoms with Gasteiger partial charge in [-0.25, -0.2) is 0 Å². The van der Waals surface area contributed by atoms with Crippen molar-refractivity contribution in [3.05, 3.63) is 89.0 Å². The fourth-order valence-electron chi connectivity index (χ4n) is 3.65. The normalized spacial score (nSPS) is 12.7. The Morgan fingerprint density at radius 3 is 2.39 bits per heavy atom. The minimum Gasteiger partial charge on any atom is -0.545 e. The maximum absolute atomic E-state index is 13.6. The van der Waals surface area contributed by atoms with Gasteiger partial charge in [-0.2, -0.15) is 8.75 Å². The monoisotopic (exact) mass is 466 g/mol. The van der Waals surface area contributed by atoms with Crippen LogP contribution in [0.1, 0.15) is 21.5 Å². The van der Waals surface area contributed by atoms with Crippen LogP contribution in [0.2, 0.25) is 0 Å². The Labute approximate surface area is 215 Å². The van der Waals surface area contributed by atoms with Gasteiger partial charge in [-0.15, -0.1) is 0 Å². The van der Waals surface area contributed by atoms with Gasteiger partial charge in [0.15, 0.2) is 17.3 Å². The van der Waals surface area contributed by atoms with Crippen molar-refractivity contribution >= 4 is 40.1 Å². The second-order valence-electron chi connectivity index (χ2n) is 7.17. The van der Waals surface area contributed by atoms with Crippen LogP contribution >= 0.6 is 11.7 Å². The Morgan fingerprint density at radius 2 is 1.61 bits per heavy atom. The third-order valence-electron chi connectivity index (χ3n) is 5.18. The minimum atomic E-state index is -1.44. The molecule has 0 atom stereocenters. The Balaban J connectivity index is 0.00000259. The average Bonchev–Trinajstić information content (AvgIpc) is 3.47. The van der Waals surface area contributed by atoms with Crippen molar-refractivity contribution < 1.29 is 53.7 Å². The predicted octanol–water partition coefficient (Wildman–Crippen LogP) is 0.0531. The number of ketones is 1. The van der Waals surface area contributed by atoms with Gasteiger partial charge in [-0.05, 0) is 41.5 Å². The molecule has 4 aromatic rings. The molecule has 5 rings (SSSR count). The Hall–Kier alpha value is -3.04. The van der Waals surface area contributed by atoms with E-state index >= 15 is 0 Å². The molecule has 3 aromatic carbocycles. The van der Waals surface area contributed by atoms with Gasteiger partial charge in [0.2, 0.25) is 6.79 Å². The number of aliphatic carboxylic acids is 1. The first kappa shape index (κ1) is 23.1. The van der Waals surface area contributed by atoms with Gasteiger partial charge < -0.3 is 19.4 Å². The number of carboxylic acid groups (broad SMARTS) is 1. The topological polar surface area (TPSA) is 101 Å². The zero-order valence-electron chi connectivity index (χ0n) is 17.6. The first-order chi connectivity index (χ1) is 15.6. The second-order valence-corrected chi connectivity index (χ2v) is 7.70. The van der Waals surface area contributed by atoms with Gasteiger partial charge in [0.25, 0.3) is 0 Å². The summed E-state index contributed by atoms with van der Waals surface area (Å²) in [5.74, 6) is -0.882. The number of carbonyl (C=O) groups excluding carboxylic acids is 2. The van der Waals surface area contributed by atoms with Crippen molar-refractivity contribution in [1.29, 1.82) is 0 Å². The minimum absolute atomic E-state index is 0. The summed E-state index contributed by atoms with van der Waals surface area (Å²) in [6.07, 6.45) is 0.116. The van der Waals surface area contributed by atoms with E-state index in [-0.39, 0.29) is 53.9 Å². The van der Waals surface area contributed by atoms with E-state index in [9.17, 15) is 14.7 Å². The van der Waals surface area contributed by atoms with Crippen LogP contribution in [0.3, 0.4) is 0 Å². The molecule has 0 amide bonds. The summed E-state index contributed by atoms with van der Waals surface area (Å²) in [7, 11) is 0. The number of fused-ring (bicyclic) bond motifs is 2. The maximum atomic E-state index is 13.6. The second kappa shape index (κ2) is 9.84. The number of carboxylic acids is 1. The molecule has 1 aliphatic rings. The molecular weight excluding hydrogens is 451 g/mol. The molecule has 1 aliphatic heterocycles. The quantitative estimate of drug-likeness (QED) is 0.225. The average molecular weight is 466 g/mol. The van der Waals surface area contributed by atoms with E-state index in [1.165, 1.54) is 0 Å². The van der Waals surface area contributed by atoms with Crippen molar-refractivity contribution in [3.63, 3.8) is 0 Å². The molecule has 0 spiro atoms. The molecule has 158 valence electrons. The summed E-state index contributed by atoms with van der Waals surface area (Å²) in [5, 5.41) is 12.3. The first-order valence-electron chi connectivity index (χ1n) is 9.75. The summed E-state index contributed by atoms with van der Waals surface area (Å²) in [4.78, 5) is 25.9. The van der Waals surface area contributed by atoms with Crippen LogP contribution in [0.5, 0.6) is 11.5 Å². The van der Waals surface area contributed by atoms with E-state index in [0.717, 1.165) is 17.3 Å². The summed E-state index contributed by atoms with van der Waals surface area (Å²) in [5.41, 5.74) is 2.58. The molecule has 0 saturated carbocycles. The number of nitrogens with zero attached hydrogens (tertiary/aromatic N) is 2. The SMILES string of the molecule is O=C([O-])/C(=C(\Cc1ccccc1)C(=O)c1ccc2c(c1)OCO2)c1ccc2nsnc2c1.[Na+]. The Kier molecular flexibility index (Phi) is 6.90. The third kappa shape index (κ3) is 4.69. The van der Waals surface area contributed by atoms with Crippen molar-refractivity contribution in [2.24, 2.45) is 0 Å². The standard InChI is InChI=1S/C24H16N2O5S.Na/c27-23(16-7-9-20-21(12-16)31-13-30-20)17(10-14-4-2-1-3-5-14)22(24(28)29)15-6-8-18-19(11-15)26-32-25-18;/h1-9,11-12H,10,13H2,(H,28,29);/q;+1/p-1/b22-17+;. The molecule has 9 heteroatoms. The van der Waals surface area contributed by atoms with Gasteiger partial charge in [0.1, 0.15) is 11.0 Å². The van der Waals surface area contributed by atoms with Gasteiger partial charge in [-0.1, -0.05) is 36.4 Å². The molecule has 0 unspecified atom stereocenters. The molecule has 2 heterocycles. The third-order valence-corrected chi connectivity index (χ3v) is 5.74. The van der Waals surface area contributed by atoms with Crippen molar-refractivity contribution in [2.75, 3.05) is 6.79 Å². The van der Waals surface area contributed by atoms with E-state index in [4.69, 9.17) is 9.47 Å². The van der Waals surface area contributed by atoms with Crippen LogP contribution in [0, 0.1) is 0 Å². The van der Waals surface area contributed by atoms with Gasteiger partial charge in [0, 0.05) is 23.1 Å². The number of hydrogen-bond donors (Lipinski definition) is 0. The molecule has 0 fully saturated rings. The molecule has 0 aliphatic carbocycles. The van der Waals surface area contributed by atoms with E-state index in [1.54, 1.807) is 36.4 Å². The van der Waals surface area contributed by atoms with E-state index in [1.807, 2.05) is 30.3 Å². The summed E-state index contributed by atoms with van der Waals surface area (Å²) in [6, 6.07) is 18.9. The fraction of sp³-hybridized carbons (Fsp3) is 0.0833. The molecule has 33 heavy (non-hydrogen) atoms. The van der Waals surface area contributed by atoms with Gasteiger partial charge in [-0.3, -0.25) is 4.79 Å². The van der Waals surface area contributed by atoms with Crippen LogP contribution in [0.25, 0.3) is 16.6 Å². The van der Waals surface area contributed by atoms with Crippen LogP contribution in [-0.2, 0) is 11.2 Å². The smallest absolute Gasteiger partial charge is 0.545 e. The predicted molar refractivity (Wildman–Crippen MR) is 116 cm³/mol. The zero-order valence-corrected chi connectivity index (χ0v) is 20.4. The van der Waals surface area contributed by atoms with Crippen molar-refractivity contribution in [3.8, 4) is 11.5 Å². The Morgan fingerprint density at radius 1 is 0.879 bits per heavy atom.